The Morgan fingerprint density at radius 1 is 1.47 bits per heavy atom. The van der Waals surface area contributed by atoms with Gasteiger partial charge in [0.05, 0.1) is 5.02 Å². The van der Waals surface area contributed by atoms with Crippen LogP contribution in [0.3, 0.4) is 0 Å². The number of rotatable bonds is 2. The molecule has 0 saturated carbocycles. The first-order valence-electron chi connectivity index (χ1n) is 4.34. The van der Waals surface area contributed by atoms with Crippen molar-refractivity contribution in [2.24, 2.45) is 0 Å². The molecule has 0 amide bonds. The number of nitrogens with zero attached hydrogens (tertiary/aromatic N) is 1. The van der Waals surface area contributed by atoms with Crippen LogP contribution in [0.5, 0.6) is 0 Å². The highest BCUT2D eigenvalue weighted by molar-refractivity contribution is 7.71. The molecular weight excluding hydrogens is 235 g/mol. The van der Waals surface area contributed by atoms with E-state index in [1.807, 2.05) is 10.8 Å². The third-order valence-electron chi connectivity index (χ3n) is 2.06. The summed E-state index contributed by atoms with van der Waals surface area (Å²) in [4.78, 5) is 2.89. The van der Waals surface area contributed by atoms with Crippen LogP contribution >= 0.6 is 23.8 Å². The summed E-state index contributed by atoms with van der Waals surface area (Å²) in [6.45, 7) is 0.586. The average Bonchev–Trinajstić information content (AvgIpc) is 2.59. The molecule has 1 N–H and O–H groups in total. The Kier molecular flexibility index (Phi) is 2.88. The van der Waals surface area contributed by atoms with E-state index in [0.717, 1.165) is 5.56 Å². The molecule has 0 atom stereocenters. The van der Waals surface area contributed by atoms with E-state index < -0.39 is 5.82 Å². The Bertz CT molecular complexity index is 532. The Balaban J connectivity index is 2.29. The van der Waals surface area contributed by atoms with Gasteiger partial charge in [-0.15, -0.1) is 0 Å². The molecule has 0 fully saturated rings. The van der Waals surface area contributed by atoms with E-state index >= 15 is 0 Å². The molecule has 1 heterocycles. The number of imidazole rings is 1. The average molecular weight is 243 g/mol. The van der Waals surface area contributed by atoms with Crippen molar-refractivity contribution in [3.05, 3.63) is 51.8 Å². The molecular formula is C10H8ClFN2S. The second-order valence-corrected chi connectivity index (χ2v) is 3.94. The van der Waals surface area contributed by atoms with Gasteiger partial charge < -0.3 is 9.55 Å². The van der Waals surface area contributed by atoms with Gasteiger partial charge in [-0.2, -0.15) is 0 Å². The smallest absolute Gasteiger partial charge is 0.177 e. The SMILES string of the molecule is Fc1ccc(Cn2cc[nH]c2=S)cc1Cl. The number of aromatic nitrogens is 2. The zero-order chi connectivity index (χ0) is 10.8. The summed E-state index contributed by atoms with van der Waals surface area (Å²) in [6, 6.07) is 4.65. The maximum Gasteiger partial charge on any atom is 0.177 e. The largest absolute Gasteiger partial charge is 0.337 e. The monoisotopic (exact) mass is 242 g/mol. The summed E-state index contributed by atoms with van der Waals surface area (Å²) < 4.78 is 15.4. The van der Waals surface area contributed by atoms with Crippen LogP contribution in [0.15, 0.2) is 30.6 Å². The summed E-state index contributed by atoms with van der Waals surface area (Å²) >= 11 is 10.7. The van der Waals surface area contributed by atoms with Gasteiger partial charge in [0.2, 0.25) is 0 Å². The molecule has 0 unspecified atom stereocenters. The minimum Gasteiger partial charge on any atom is -0.337 e. The predicted molar refractivity (Wildman–Crippen MR) is 60.1 cm³/mol. The lowest BCUT2D eigenvalue weighted by Crippen LogP contribution is -1.98. The Morgan fingerprint density at radius 2 is 2.27 bits per heavy atom. The van der Waals surface area contributed by atoms with E-state index in [-0.39, 0.29) is 5.02 Å². The molecule has 2 rings (SSSR count). The fraction of sp³-hybridized carbons (Fsp3) is 0.100. The Morgan fingerprint density at radius 3 is 2.87 bits per heavy atom. The highest BCUT2D eigenvalue weighted by atomic mass is 35.5. The molecule has 0 aliphatic carbocycles. The molecule has 5 heteroatoms. The molecule has 78 valence electrons. The first-order chi connectivity index (χ1) is 7.16. The second-order valence-electron chi connectivity index (χ2n) is 3.14. The Hall–Kier alpha value is -1.13. The topological polar surface area (TPSA) is 20.7 Å². The number of hydrogen-bond donors (Lipinski definition) is 1. The molecule has 0 spiro atoms. The highest BCUT2D eigenvalue weighted by Gasteiger charge is 2.01. The molecule has 1 aromatic carbocycles. The van der Waals surface area contributed by atoms with E-state index in [9.17, 15) is 4.39 Å². The van der Waals surface area contributed by atoms with Gasteiger partial charge in [-0.05, 0) is 29.9 Å². The van der Waals surface area contributed by atoms with Gasteiger partial charge in [-0.25, -0.2) is 4.39 Å². The summed E-state index contributed by atoms with van der Waals surface area (Å²) in [5.41, 5.74) is 0.914. The number of aromatic amines is 1. The van der Waals surface area contributed by atoms with Crippen molar-refractivity contribution in [1.29, 1.82) is 0 Å². The molecule has 0 aliphatic rings. The lowest BCUT2D eigenvalue weighted by molar-refractivity contribution is 0.626. The van der Waals surface area contributed by atoms with E-state index in [4.69, 9.17) is 23.8 Å². The minimum absolute atomic E-state index is 0.134. The summed E-state index contributed by atoms with van der Waals surface area (Å²) in [5.74, 6) is -0.405. The standard InChI is InChI=1S/C10H8ClFN2S/c11-8-5-7(1-2-9(8)12)6-14-4-3-13-10(14)15/h1-5H,6H2,(H,13,15). The van der Waals surface area contributed by atoms with Crippen molar-refractivity contribution in [2.45, 2.75) is 6.54 Å². The maximum absolute atomic E-state index is 12.9. The van der Waals surface area contributed by atoms with E-state index in [1.54, 1.807) is 18.3 Å². The molecule has 2 aromatic rings. The van der Waals surface area contributed by atoms with Gasteiger partial charge in [0.1, 0.15) is 5.82 Å². The third kappa shape index (κ3) is 2.27. The van der Waals surface area contributed by atoms with E-state index in [1.165, 1.54) is 6.07 Å². The van der Waals surface area contributed by atoms with Crippen molar-refractivity contribution in [2.75, 3.05) is 0 Å². The van der Waals surface area contributed by atoms with Crippen molar-refractivity contribution in [1.82, 2.24) is 9.55 Å². The first kappa shape index (κ1) is 10.4. The van der Waals surface area contributed by atoms with Crippen LogP contribution < -0.4 is 0 Å². The van der Waals surface area contributed by atoms with Crippen LogP contribution in [0.4, 0.5) is 4.39 Å². The summed E-state index contributed by atoms with van der Waals surface area (Å²) in [5, 5.41) is 0.134. The molecule has 15 heavy (non-hydrogen) atoms. The van der Waals surface area contributed by atoms with Crippen LogP contribution in [0.25, 0.3) is 0 Å². The molecule has 0 radical (unpaired) electrons. The Labute approximate surface area is 96.3 Å². The van der Waals surface area contributed by atoms with Crippen LogP contribution in [-0.2, 0) is 6.54 Å². The molecule has 0 saturated heterocycles. The van der Waals surface area contributed by atoms with E-state index in [0.29, 0.717) is 11.3 Å². The lowest BCUT2D eigenvalue weighted by atomic mass is 10.2. The maximum atomic E-state index is 12.9. The fourth-order valence-electron chi connectivity index (χ4n) is 1.31. The number of H-pyrrole nitrogens is 1. The number of nitrogens with one attached hydrogen (secondary N) is 1. The van der Waals surface area contributed by atoms with Gasteiger partial charge in [-0.3, -0.25) is 0 Å². The van der Waals surface area contributed by atoms with Crippen LogP contribution in [0, 0.1) is 10.6 Å². The zero-order valence-electron chi connectivity index (χ0n) is 7.71. The molecule has 2 nitrogen and oxygen atoms in total. The second kappa shape index (κ2) is 4.16. The van der Waals surface area contributed by atoms with Crippen LogP contribution in [0.2, 0.25) is 5.02 Å². The lowest BCUT2D eigenvalue weighted by Gasteiger charge is -2.03. The van der Waals surface area contributed by atoms with Gasteiger partial charge in [0.15, 0.2) is 4.77 Å². The minimum atomic E-state index is -0.405. The number of halogens is 2. The first-order valence-corrected chi connectivity index (χ1v) is 5.13. The van der Waals surface area contributed by atoms with Crippen molar-refractivity contribution >= 4 is 23.8 Å². The predicted octanol–water partition coefficient (Wildman–Crippen LogP) is 3.39. The quantitative estimate of drug-likeness (QED) is 0.801. The zero-order valence-corrected chi connectivity index (χ0v) is 9.28. The molecule has 0 aliphatic heterocycles. The third-order valence-corrected chi connectivity index (χ3v) is 2.70. The number of hydrogen-bond acceptors (Lipinski definition) is 1. The van der Waals surface area contributed by atoms with Gasteiger partial charge >= 0.3 is 0 Å². The number of benzene rings is 1. The summed E-state index contributed by atoms with van der Waals surface area (Å²) in [6.07, 6.45) is 3.59. The van der Waals surface area contributed by atoms with Crippen LogP contribution in [-0.4, -0.2) is 9.55 Å². The normalized spacial score (nSPS) is 10.5. The van der Waals surface area contributed by atoms with Crippen molar-refractivity contribution < 1.29 is 4.39 Å². The summed E-state index contributed by atoms with van der Waals surface area (Å²) in [7, 11) is 0. The highest BCUT2D eigenvalue weighted by Crippen LogP contribution is 2.16. The van der Waals surface area contributed by atoms with Crippen molar-refractivity contribution in [3.63, 3.8) is 0 Å². The van der Waals surface area contributed by atoms with Crippen LogP contribution in [0.1, 0.15) is 5.56 Å². The van der Waals surface area contributed by atoms with Gasteiger partial charge in [0.25, 0.3) is 0 Å². The molecule has 0 bridgehead atoms. The van der Waals surface area contributed by atoms with Crippen molar-refractivity contribution in [3.8, 4) is 0 Å². The van der Waals surface area contributed by atoms with Gasteiger partial charge in [-0.1, -0.05) is 17.7 Å². The van der Waals surface area contributed by atoms with Gasteiger partial charge in [0, 0.05) is 18.9 Å². The molecule has 1 aromatic heterocycles. The van der Waals surface area contributed by atoms with E-state index in [2.05, 4.69) is 4.98 Å². The fourth-order valence-corrected chi connectivity index (χ4v) is 1.70.